The third kappa shape index (κ3) is 2.61. The minimum atomic E-state index is 0.235. The smallest absolute Gasteiger partial charge is 0.148 e. The summed E-state index contributed by atoms with van der Waals surface area (Å²) in [7, 11) is 2.17. The van der Waals surface area contributed by atoms with Gasteiger partial charge < -0.3 is 14.9 Å². The van der Waals surface area contributed by atoms with E-state index in [2.05, 4.69) is 34.0 Å². The molecule has 1 N–H and O–H groups in total. The van der Waals surface area contributed by atoms with Gasteiger partial charge in [-0.3, -0.25) is 0 Å². The van der Waals surface area contributed by atoms with Gasteiger partial charge in [0.05, 0.1) is 10.7 Å². The number of likely N-dealkylation sites (N-methyl/N-ethyl adjacent to an activating group) is 1. The van der Waals surface area contributed by atoms with Crippen LogP contribution in [0.2, 0.25) is 0 Å². The Morgan fingerprint density at radius 2 is 1.83 bits per heavy atom. The van der Waals surface area contributed by atoms with Crippen LogP contribution in [0.5, 0.6) is 5.75 Å². The van der Waals surface area contributed by atoms with E-state index in [4.69, 9.17) is 0 Å². The van der Waals surface area contributed by atoms with Gasteiger partial charge in [0.1, 0.15) is 10.6 Å². The van der Waals surface area contributed by atoms with Gasteiger partial charge in [-0.05, 0) is 37.7 Å². The molecule has 124 valence electrons. The molecule has 0 radical (unpaired) electrons. The first-order valence-electron chi connectivity index (χ1n) is 8.12. The Hall–Kier alpha value is -2.18. The van der Waals surface area contributed by atoms with Gasteiger partial charge in [0, 0.05) is 37.1 Å². The monoisotopic (exact) mass is 340 g/mol. The van der Waals surface area contributed by atoms with Crippen molar-refractivity contribution in [3.8, 4) is 17.0 Å². The summed E-state index contributed by atoms with van der Waals surface area (Å²) < 4.78 is 0. The lowest BCUT2D eigenvalue weighted by atomic mass is 10.1. The quantitative estimate of drug-likeness (QED) is 0.777. The number of hydrogen-bond donors (Lipinski definition) is 1. The number of piperazine rings is 1. The SMILES string of the molecule is Cc1c(N2CCN(C)CC2)sc2nnc(-c3ccccc3O)cc12. The molecule has 0 atom stereocenters. The summed E-state index contributed by atoms with van der Waals surface area (Å²) in [6.45, 7) is 6.42. The predicted molar refractivity (Wildman–Crippen MR) is 99.0 cm³/mol. The number of nitrogens with zero attached hydrogens (tertiary/aromatic N) is 4. The van der Waals surface area contributed by atoms with Gasteiger partial charge in [0.2, 0.25) is 0 Å². The first kappa shape index (κ1) is 15.4. The lowest BCUT2D eigenvalue weighted by molar-refractivity contribution is 0.313. The number of anilines is 1. The predicted octanol–water partition coefficient (Wildman–Crippen LogP) is 3.12. The van der Waals surface area contributed by atoms with Gasteiger partial charge in [-0.15, -0.1) is 10.2 Å². The van der Waals surface area contributed by atoms with E-state index < -0.39 is 0 Å². The van der Waals surface area contributed by atoms with Crippen LogP contribution in [0.1, 0.15) is 5.56 Å². The molecule has 0 saturated carbocycles. The molecule has 0 aliphatic carbocycles. The highest BCUT2D eigenvalue weighted by Crippen LogP contribution is 2.38. The molecule has 24 heavy (non-hydrogen) atoms. The number of aromatic nitrogens is 2. The maximum absolute atomic E-state index is 10.1. The largest absolute Gasteiger partial charge is 0.507 e. The Bertz CT molecular complexity index is 884. The Kier molecular flexibility index (Phi) is 3.86. The average molecular weight is 340 g/mol. The van der Waals surface area contributed by atoms with Crippen molar-refractivity contribution in [1.82, 2.24) is 15.1 Å². The van der Waals surface area contributed by atoms with Crippen LogP contribution in [-0.4, -0.2) is 53.4 Å². The van der Waals surface area contributed by atoms with E-state index in [-0.39, 0.29) is 5.75 Å². The Morgan fingerprint density at radius 3 is 2.58 bits per heavy atom. The fourth-order valence-electron chi connectivity index (χ4n) is 3.14. The fourth-order valence-corrected chi connectivity index (χ4v) is 4.30. The molecule has 0 amide bonds. The van der Waals surface area contributed by atoms with Crippen LogP contribution < -0.4 is 4.90 Å². The van der Waals surface area contributed by atoms with Crippen LogP contribution in [0.25, 0.3) is 21.5 Å². The summed E-state index contributed by atoms with van der Waals surface area (Å²) in [6.07, 6.45) is 0. The van der Waals surface area contributed by atoms with Crippen molar-refractivity contribution in [2.45, 2.75) is 6.92 Å². The zero-order valence-corrected chi connectivity index (χ0v) is 14.7. The van der Waals surface area contributed by atoms with Crippen molar-refractivity contribution in [1.29, 1.82) is 0 Å². The molecule has 0 unspecified atom stereocenters. The lowest BCUT2D eigenvalue weighted by Gasteiger charge is -2.33. The van der Waals surface area contributed by atoms with E-state index >= 15 is 0 Å². The van der Waals surface area contributed by atoms with Crippen molar-refractivity contribution < 1.29 is 5.11 Å². The van der Waals surface area contributed by atoms with E-state index in [1.54, 1.807) is 17.4 Å². The molecule has 1 aliphatic heterocycles. The molecule has 3 aromatic rings. The molecule has 4 rings (SSSR count). The minimum absolute atomic E-state index is 0.235. The highest BCUT2D eigenvalue weighted by molar-refractivity contribution is 7.22. The van der Waals surface area contributed by atoms with E-state index in [0.717, 1.165) is 42.0 Å². The molecule has 6 heteroatoms. The third-order valence-corrected chi connectivity index (χ3v) is 5.90. The zero-order chi connectivity index (χ0) is 16.7. The Labute approximate surface area is 145 Å². The second kappa shape index (κ2) is 6.03. The molecule has 1 aliphatic rings. The number of phenols is 1. The molecular formula is C18H20N4OS. The second-order valence-electron chi connectivity index (χ2n) is 6.29. The van der Waals surface area contributed by atoms with Gasteiger partial charge >= 0.3 is 0 Å². The van der Waals surface area contributed by atoms with Gasteiger partial charge in [-0.2, -0.15) is 0 Å². The lowest BCUT2D eigenvalue weighted by Crippen LogP contribution is -2.44. The van der Waals surface area contributed by atoms with Gasteiger partial charge in [0.15, 0.2) is 0 Å². The van der Waals surface area contributed by atoms with Crippen LogP contribution in [0.3, 0.4) is 0 Å². The number of para-hydroxylation sites is 1. The van der Waals surface area contributed by atoms with E-state index in [0.29, 0.717) is 5.69 Å². The molecule has 2 aromatic heterocycles. The van der Waals surface area contributed by atoms with Crippen LogP contribution in [0, 0.1) is 6.92 Å². The number of aryl methyl sites for hydroxylation is 1. The molecule has 0 bridgehead atoms. The summed E-state index contributed by atoms with van der Waals surface area (Å²) in [5.74, 6) is 0.235. The Balaban J connectivity index is 1.75. The first-order chi connectivity index (χ1) is 11.6. The van der Waals surface area contributed by atoms with Crippen LogP contribution >= 0.6 is 11.3 Å². The van der Waals surface area contributed by atoms with Crippen LogP contribution in [0.15, 0.2) is 30.3 Å². The summed E-state index contributed by atoms with van der Waals surface area (Å²) in [4.78, 5) is 5.76. The molecule has 1 fully saturated rings. The summed E-state index contributed by atoms with van der Waals surface area (Å²) >= 11 is 1.71. The number of fused-ring (bicyclic) bond motifs is 1. The molecule has 1 saturated heterocycles. The summed E-state index contributed by atoms with van der Waals surface area (Å²) in [6, 6.07) is 9.30. The normalized spacial score (nSPS) is 16.0. The van der Waals surface area contributed by atoms with Crippen molar-refractivity contribution in [2.24, 2.45) is 0 Å². The van der Waals surface area contributed by atoms with Crippen LogP contribution in [-0.2, 0) is 0 Å². The summed E-state index contributed by atoms with van der Waals surface area (Å²) in [5, 5.41) is 21.2. The third-order valence-electron chi connectivity index (χ3n) is 4.65. The maximum Gasteiger partial charge on any atom is 0.148 e. The standard InChI is InChI=1S/C18H20N4OS/c1-12-14-11-15(13-5-3-4-6-16(13)23)19-20-17(14)24-18(12)22-9-7-21(2)8-10-22/h3-6,11,23H,7-10H2,1-2H3. The first-order valence-corrected chi connectivity index (χ1v) is 8.94. The average Bonchev–Trinajstić information content (AvgIpc) is 2.92. The summed E-state index contributed by atoms with van der Waals surface area (Å²) in [5.41, 5.74) is 2.69. The highest BCUT2D eigenvalue weighted by Gasteiger charge is 2.20. The van der Waals surface area contributed by atoms with E-state index in [1.165, 1.54) is 10.6 Å². The van der Waals surface area contributed by atoms with Crippen LogP contribution in [0.4, 0.5) is 5.00 Å². The number of aromatic hydroxyl groups is 1. The fraction of sp³-hybridized carbons (Fsp3) is 0.333. The second-order valence-corrected chi connectivity index (χ2v) is 7.27. The molecule has 0 spiro atoms. The number of benzene rings is 1. The molecule has 1 aromatic carbocycles. The number of hydrogen-bond acceptors (Lipinski definition) is 6. The zero-order valence-electron chi connectivity index (χ0n) is 13.9. The van der Waals surface area contributed by atoms with Gasteiger partial charge in [-0.1, -0.05) is 23.5 Å². The van der Waals surface area contributed by atoms with Gasteiger partial charge in [-0.25, -0.2) is 0 Å². The van der Waals surface area contributed by atoms with Crippen molar-refractivity contribution >= 4 is 26.6 Å². The van der Waals surface area contributed by atoms with Crippen molar-refractivity contribution in [2.75, 3.05) is 38.1 Å². The Morgan fingerprint density at radius 1 is 1.08 bits per heavy atom. The van der Waals surface area contributed by atoms with Gasteiger partial charge in [0.25, 0.3) is 0 Å². The topological polar surface area (TPSA) is 52.5 Å². The highest BCUT2D eigenvalue weighted by atomic mass is 32.1. The van der Waals surface area contributed by atoms with Crippen molar-refractivity contribution in [3.05, 3.63) is 35.9 Å². The molecule has 3 heterocycles. The number of thiophene rings is 1. The maximum atomic E-state index is 10.1. The van der Waals surface area contributed by atoms with Crippen molar-refractivity contribution in [3.63, 3.8) is 0 Å². The number of phenolic OH excluding ortho intramolecular Hbond substituents is 1. The number of rotatable bonds is 2. The van der Waals surface area contributed by atoms with E-state index in [1.807, 2.05) is 24.3 Å². The minimum Gasteiger partial charge on any atom is -0.507 e. The molecule has 5 nitrogen and oxygen atoms in total. The van der Waals surface area contributed by atoms with E-state index in [9.17, 15) is 5.11 Å². The molecular weight excluding hydrogens is 320 g/mol.